The number of benzene rings is 1. The molecule has 0 atom stereocenters. The highest BCUT2D eigenvalue weighted by molar-refractivity contribution is 5.86. The standard InChI is InChI=1S/C12H11FN6/c13-8-3-1-7(2-4-8)5-15-10-9-6-16-19-11(9)18-12(14)17-10/h1-4,6H,5H2,(H4,14,15,16,17,18,19). The van der Waals surface area contributed by atoms with Crippen molar-refractivity contribution >= 4 is 22.8 Å². The molecule has 0 aliphatic heterocycles. The molecule has 7 heteroatoms. The molecule has 0 saturated heterocycles. The summed E-state index contributed by atoms with van der Waals surface area (Å²) in [4.78, 5) is 8.15. The fourth-order valence-corrected chi connectivity index (χ4v) is 1.77. The first-order valence-electron chi connectivity index (χ1n) is 5.67. The van der Waals surface area contributed by atoms with Crippen LogP contribution in [-0.2, 0) is 6.54 Å². The van der Waals surface area contributed by atoms with E-state index in [1.54, 1.807) is 18.3 Å². The maximum Gasteiger partial charge on any atom is 0.224 e. The van der Waals surface area contributed by atoms with E-state index in [1.165, 1.54) is 12.1 Å². The molecule has 2 heterocycles. The van der Waals surface area contributed by atoms with Crippen LogP contribution in [0.1, 0.15) is 5.56 Å². The van der Waals surface area contributed by atoms with Gasteiger partial charge in [0, 0.05) is 6.54 Å². The Balaban J connectivity index is 1.85. The molecule has 0 radical (unpaired) electrons. The molecule has 0 spiro atoms. The quantitative estimate of drug-likeness (QED) is 0.664. The van der Waals surface area contributed by atoms with Gasteiger partial charge >= 0.3 is 0 Å². The van der Waals surface area contributed by atoms with Gasteiger partial charge in [-0.1, -0.05) is 12.1 Å². The number of H-pyrrole nitrogens is 1. The fourth-order valence-electron chi connectivity index (χ4n) is 1.77. The Morgan fingerprint density at radius 3 is 2.79 bits per heavy atom. The van der Waals surface area contributed by atoms with Crippen LogP contribution in [0.15, 0.2) is 30.5 Å². The number of nitrogens with two attached hydrogens (primary N) is 1. The summed E-state index contributed by atoms with van der Waals surface area (Å²) in [6.07, 6.45) is 1.63. The first kappa shape index (κ1) is 11.4. The highest BCUT2D eigenvalue weighted by atomic mass is 19.1. The third-order valence-corrected chi connectivity index (χ3v) is 2.70. The van der Waals surface area contributed by atoms with E-state index in [-0.39, 0.29) is 11.8 Å². The minimum absolute atomic E-state index is 0.165. The molecule has 2 aromatic heterocycles. The van der Waals surface area contributed by atoms with Crippen LogP contribution in [0.2, 0.25) is 0 Å². The van der Waals surface area contributed by atoms with Crippen molar-refractivity contribution in [2.75, 3.05) is 11.1 Å². The van der Waals surface area contributed by atoms with Crippen LogP contribution in [0.3, 0.4) is 0 Å². The van der Waals surface area contributed by atoms with Gasteiger partial charge in [0.15, 0.2) is 5.65 Å². The number of fused-ring (bicyclic) bond motifs is 1. The lowest BCUT2D eigenvalue weighted by molar-refractivity contribution is 0.627. The third-order valence-electron chi connectivity index (χ3n) is 2.70. The maximum atomic E-state index is 12.8. The topological polar surface area (TPSA) is 92.5 Å². The molecule has 0 aliphatic rings. The number of nitrogens with zero attached hydrogens (tertiary/aromatic N) is 3. The summed E-state index contributed by atoms with van der Waals surface area (Å²) in [5.41, 5.74) is 7.13. The van der Waals surface area contributed by atoms with Crippen molar-refractivity contribution in [2.45, 2.75) is 6.54 Å². The van der Waals surface area contributed by atoms with Crippen molar-refractivity contribution in [1.82, 2.24) is 20.2 Å². The minimum Gasteiger partial charge on any atom is -0.368 e. The molecule has 3 rings (SSSR count). The number of halogens is 1. The molecule has 19 heavy (non-hydrogen) atoms. The van der Waals surface area contributed by atoms with Crippen molar-refractivity contribution in [2.24, 2.45) is 0 Å². The van der Waals surface area contributed by atoms with Crippen molar-refractivity contribution in [3.8, 4) is 0 Å². The van der Waals surface area contributed by atoms with E-state index in [2.05, 4.69) is 25.5 Å². The molecule has 0 saturated carbocycles. The molecule has 0 fully saturated rings. The lowest BCUT2D eigenvalue weighted by Crippen LogP contribution is -2.05. The third kappa shape index (κ3) is 2.30. The van der Waals surface area contributed by atoms with Gasteiger partial charge in [0.05, 0.1) is 11.6 Å². The minimum atomic E-state index is -0.257. The smallest absolute Gasteiger partial charge is 0.224 e. The summed E-state index contributed by atoms with van der Waals surface area (Å²) >= 11 is 0. The van der Waals surface area contributed by atoms with Crippen LogP contribution in [0.25, 0.3) is 11.0 Å². The van der Waals surface area contributed by atoms with Gasteiger partial charge in [-0.25, -0.2) is 4.39 Å². The van der Waals surface area contributed by atoms with Gasteiger partial charge in [-0.3, -0.25) is 5.10 Å². The van der Waals surface area contributed by atoms with Crippen LogP contribution in [0, 0.1) is 5.82 Å². The number of rotatable bonds is 3. The van der Waals surface area contributed by atoms with E-state index in [4.69, 9.17) is 5.73 Å². The maximum absolute atomic E-state index is 12.8. The Labute approximate surface area is 107 Å². The predicted molar refractivity (Wildman–Crippen MR) is 69.8 cm³/mol. The molecular weight excluding hydrogens is 247 g/mol. The summed E-state index contributed by atoms with van der Waals surface area (Å²) in [6.45, 7) is 0.511. The lowest BCUT2D eigenvalue weighted by Gasteiger charge is -2.07. The largest absolute Gasteiger partial charge is 0.368 e. The number of nitrogen functional groups attached to an aromatic ring is 1. The number of hydrogen-bond donors (Lipinski definition) is 3. The molecule has 1 aromatic carbocycles. The van der Waals surface area contributed by atoms with Gasteiger partial charge in [-0.05, 0) is 17.7 Å². The van der Waals surface area contributed by atoms with Crippen molar-refractivity contribution < 1.29 is 4.39 Å². The molecule has 96 valence electrons. The highest BCUT2D eigenvalue weighted by Gasteiger charge is 2.07. The second kappa shape index (κ2) is 4.52. The second-order valence-corrected chi connectivity index (χ2v) is 4.04. The summed E-state index contributed by atoms with van der Waals surface area (Å²) in [7, 11) is 0. The number of aromatic amines is 1. The highest BCUT2D eigenvalue weighted by Crippen LogP contribution is 2.19. The number of aromatic nitrogens is 4. The van der Waals surface area contributed by atoms with E-state index in [0.29, 0.717) is 18.0 Å². The Kier molecular flexibility index (Phi) is 2.71. The Hall–Kier alpha value is -2.70. The first-order valence-corrected chi connectivity index (χ1v) is 5.67. The molecule has 0 aliphatic carbocycles. The van der Waals surface area contributed by atoms with Gasteiger partial charge < -0.3 is 11.1 Å². The first-order chi connectivity index (χ1) is 9.22. The average molecular weight is 258 g/mol. The Bertz CT molecular complexity index is 706. The van der Waals surface area contributed by atoms with Crippen LogP contribution in [0.4, 0.5) is 16.2 Å². The van der Waals surface area contributed by atoms with Gasteiger partial charge in [-0.2, -0.15) is 15.1 Å². The summed E-state index contributed by atoms with van der Waals surface area (Å²) in [6, 6.07) is 6.25. The van der Waals surface area contributed by atoms with Crippen LogP contribution in [0.5, 0.6) is 0 Å². The number of anilines is 2. The van der Waals surface area contributed by atoms with Crippen LogP contribution >= 0.6 is 0 Å². The van der Waals surface area contributed by atoms with Gasteiger partial charge in [-0.15, -0.1) is 0 Å². The van der Waals surface area contributed by atoms with E-state index >= 15 is 0 Å². The van der Waals surface area contributed by atoms with E-state index in [0.717, 1.165) is 10.9 Å². The zero-order valence-electron chi connectivity index (χ0n) is 9.89. The Morgan fingerprint density at radius 1 is 1.21 bits per heavy atom. The van der Waals surface area contributed by atoms with Crippen LogP contribution in [-0.4, -0.2) is 20.2 Å². The van der Waals surface area contributed by atoms with Gasteiger partial charge in [0.2, 0.25) is 5.95 Å². The fraction of sp³-hybridized carbons (Fsp3) is 0.0833. The monoisotopic (exact) mass is 258 g/mol. The normalized spacial score (nSPS) is 10.8. The van der Waals surface area contributed by atoms with Gasteiger partial charge in [0.1, 0.15) is 11.6 Å². The van der Waals surface area contributed by atoms with E-state index < -0.39 is 0 Å². The van der Waals surface area contributed by atoms with Crippen molar-refractivity contribution in [3.05, 3.63) is 41.8 Å². The number of nitrogens with one attached hydrogen (secondary N) is 2. The van der Waals surface area contributed by atoms with Crippen molar-refractivity contribution in [1.29, 1.82) is 0 Å². The average Bonchev–Trinajstić information content (AvgIpc) is 2.85. The summed E-state index contributed by atoms with van der Waals surface area (Å²) < 4.78 is 12.8. The molecule has 4 N–H and O–H groups in total. The lowest BCUT2D eigenvalue weighted by atomic mass is 10.2. The predicted octanol–water partition coefficient (Wildman–Crippen LogP) is 1.69. The van der Waals surface area contributed by atoms with E-state index in [1.807, 2.05) is 0 Å². The zero-order chi connectivity index (χ0) is 13.2. The molecule has 0 bridgehead atoms. The molecule has 6 nitrogen and oxygen atoms in total. The van der Waals surface area contributed by atoms with Crippen LogP contribution < -0.4 is 11.1 Å². The Morgan fingerprint density at radius 2 is 2.00 bits per heavy atom. The molecule has 3 aromatic rings. The molecule has 0 amide bonds. The van der Waals surface area contributed by atoms with E-state index in [9.17, 15) is 4.39 Å². The second-order valence-electron chi connectivity index (χ2n) is 4.04. The molecular formula is C12H11FN6. The van der Waals surface area contributed by atoms with Crippen molar-refractivity contribution in [3.63, 3.8) is 0 Å². The summed E-state index contributed by atoms with van der Waals surface area (Å²) in [5, 5.41) is 10.5. The number of hydrogen-bond acceptors (Lipinski definition) is 5. The SMILES string of the molecule is Nc1nc(NCc2ccc(F)cc2)c2cn[nH]c2n1. The van der Waals surface area contributed by atoms with Gasteiger partial charge in [0.25, 0.3) is 0 Å². The summed E-state index contributed by atoms with van der Waals surface area (Å²) in [5.74, 6) is 0.506. The zero-order valence-corrected chi connectivity index (χ0v) is 9.89. The molecule has 0 unspecified atom stereocenters.